The fourth-order valence-electron chi connectivity index (χ4n) is 1.41. The van der Waals surface area contributed by atoms with E-state index in [1.165, 1.54) is 0 Å². The van der Waals surface area contributed by atoms with Crippen molar-refractivity contribution >= 4 is 27.6 Å². The third kappa shape index (κ3) is 5.02. The van der Waals surface area contributed by atoms with Crippen LogP contribution in [-0.4, -0.2) is 30.9 Å². The summed E-state index contributed by atoms with van der Waals surface area (Å²) < 4.78 is 5.97. The highest BCUT2D eigenvalue weighted by molar-refractivity contribution is 9.10. The molecule has 1 aromatic rings. The molecule has 5 nitrogen and oxygen atoms in total. The van der Waals surface area contributed by atoms with E-state index in [1.807, 2.05) is 20.8 Å². The van der Waals surface area contributed by atoms with Crippen LogP contribution in [0, 0.1) is 5.41 Å². The highest BCUT2D eigenvalue weighted by atomic mass is 79.9. The van der Waals surface area contributed by atoms with Gasteiger partial charge in [-0.3, -0.25) is 0 Å². The Hall–Kier alpha value is -1.27. The summed E-state index contributed by atoms with van der Waals surface area (Å²) in [5.74, 6) is 0.637. The maximum absolute atomic E-state index is 11.7. The molecule has 112 valence electrons. The third-order valence-corrected chi connectivity index (χ3v) is 3.52. The number of ether oxygens (including phenoxy) is 1. The Morgan fingerprint density at radius 1 is 1.45 bits per heavy atom. The van der Waals surface area contributed by atoms with Crippen LogP contribution < -0.4 is 15.4 Å². The van der Waals surface area contributed by atoms with Gasteiger partial charge in [-0.05, 0) is 33.5 Å². The number of hydrogen-bond donors (Lipinski definition) is 3. The minimum absolute atomic E-state index is 0.197. The number of carbonyl (C=O) groups excluding carboxylic acids is 1. The Bertz CT molecular complexity index is 472. The van der Waals surface area contributed by atoms with E-state index in [2.05, 4.69) is 26.6 Å². The average Bonchev–Trinajstić information content (AvgIpc) is 2.37. The second kappa shape index (κ2) is 6.95. The van der Waals surface area contributed by atoms with E-state index in [-0.39, 0.29) is 18.0 Å². The zero-order valence-electron chi connectivity index (χ0n) is 12.2. The van der Waals surface area contributed by atoms with E-state index in [1.54, 1.807) is 25.3 Å². The predicted octanol–water partition coefficient (Wildman–Crippen LogP) is 2.99. The number of amides is 2. The van der Waals surface area contributed by atoms with Crippen molar-refractivity contribution in [2.45, 2.75) is 26.9 Å². The number of benzene rings is 1. The van der Waals surface area contributed by atoms with Gasteiger partial charge in [-0.1, -0.05) is 20.8 Å². The zero-order chi connectivity index (χ0) is 15.3. The van der Waals surface area contributed by atoms with Crippen LogP contribution in [0.1, 0.15) is 20.8 Å². The van der Waals surface area contributed by atoms with Gasteiger partial charge in [0.15, 0.2) is 0 Å². The summed E-state index contributed by atoms with van der Waals surface area (Å²) in [7, 11) is 1.56. The van der Waals surface area contributed by atoms with Gasteiger partial charge in [-0.15, -0.1) is 0 Å². The summed E-state index contributed by atoms with van der Waals surface area (Å²) >= 11 is 3.34. The summed E-state index contributed by atoms with van der Waals surface area (Å²) in [6, 6.07) is 4.90. The molecule has 0 radical (unpaired) electrons. The van der Waals surface area contributed by atoms with E-state index in [4.69, 9.17) is 4.74 Å². The molecule has 0 aliphatic rings. The Kier molecular flexibility index (Phi) is 5.83. The topological polar surface area (TPSA) is 70.6 Å². The minimum Gasteiger partial charge on any atom is -0.495 e. The first-order chi connectivity index (χ1) is 9.24. The highest BCUT2D eigenvalue weighted by Gasteiger charge is 2.22. The molecule has 20 heavy (non-hydrogen) atoms. The van der Waals surface area contributed by atoms with E-state index in [0.717, 1.165) is 4.47 Å². The summed E-state index contributed by atoms with van der Waals surface area (Å²) in [6.45, 7) is 5.94. The number of nitrogens with one attached hydrogen (secondary N) is 2. The normalized spacial score (nSPS) is 12.7. The molecule has 3 N–H and O–H groups in total. The van der Waals surface area contributed by atoms with E-state index >= 15 is 0 Å². The largest absolute Gasteiger partial charge is 0.495 e. The maximum Gasteiger partial charge on any atom is 0.319 e. The number of anilines is 1. The highest BCUT2D eigenvalue weighted by Crippen LogP contribution is 2.27. The lowest BCUT2D eigenvalue weighted by atomic mass is 9.89. The van der Waals surface area contributed by atoms with Crippen LogP contribution >= 0.6 is 15.9 Å². The average molecular weight is 345 g/mol. The standard InChI is InChI=1S/C14H21BrN2O3/c1-14(2,3)12(18)8-16-13(19)17-9-5-6-10(15)11(7-9)20-4/h5-7,12,18H,8H2,1-4H3,(H2,16,17,19). The lowest BCUT2D eigenvalue weighted by molar-refractivity contribution is 0.0654. The summed E-state index contributed by atoms with van der Waals surface area (Å²) in [5, 5.41) is 15.2. The molecule has 0 saturated carbocycles. The van der Waals surface area contributed by atoms with Crippen molar-refractivity contribution in [1.29, 1.82) is 0 Å². The quantitative estimate of drug-likeness (QED) is 0.786. The SMILES string of the molecule is COc1cc(NC(=O)NCC(O)C(C)(C)C)ccc1Br. The summed E-state index contributed by atoms with van der Waals surface area (Å²) in [5.41, 5.74) is 0.349. The molecule has 2 amide bonds. The van der Waals surface area contributed by atoms with Crippen LogP contribution in [0.25, 0.3) is 0 Å². The van der Waals surface area contributed by atoms with Crippen LogP contribution in [0.15, 0.2) is 22.7 Å². The van der Waals surface area contributed by atoms with Crippen molar-refractivity contribution in [3.8, 4) is 5.75 Å². The first kappa shape index (κ1) is 16.8. The summed E-state index contributed by atoms with van der Waals surface area (Å²) in [6.07, 6.45) is -0.604. The molecule has 0 aliphatic carbocycles. The van der Waals surface area contributed by atoms with Gasteiger partial charge in [0.2, 0.25) is 0 Å². The summed E-state index contributed by atoms with van der Waals surface area (Å²) in [4.78, 5) is 11.7. The van der Waals surface area contributed by atoms with E-state index in [9.17, 15) is 9.90 Å². The molecule has 1 unspecified atom stereocenters. The number of methoxy groups -OCH3 is 1. The zero-order valence-corrected chi connectivity index (χ0v) is 13.7. The molecule has 0 saturated heterocycles. The molecule has 0 fully saturated rings. The number of aliphatic hydroxyl groups excluding tert-OH is 1. The van der Waals surface area contributed by atoms with Gasteiger partial charge >= 0.3 is 6.03 Å². The second-order valence-corrected chi connectivity index (χ2v) is 6.42. The smallest absolute Gasteiger partial charge is 0.319 e. The maximum atomic E-state index is 11.7. The first-order valence-corrected chi connectivity index (χ1v) is 7.10. The molecule has 0 aromatic heterocycles. The molecule has 0 heterocycles. The van der Waals surface area contributed by atoms with Crippen LogP contribution in [0.5, 0.6) is 5.75 Å². The van der Waals surface area contributed by atoms with Crippen LogP contribution in [-0.2, 0) is 0 Å². The predicted molar refractivity (Wildman–Crippen MR) is 83.2 cm³/mol. The minimum atomic E-state index is -0.604. The molecule has 0 aliphatic heterocycles. The number of aliphatic hydroxyl groups is 1. The van der Waals surface area contributed by atoms with Gasteiger partial charge in [0.25, 0.3) is 0 Å². The monoisotopic (exact) mass is 344 g/mol. The fraction of sp³-hybridized carbons (Fsp3) is 0.500. The number of halogens is 1. The lowest BCUT2D eigenvalue weighted by Crippen LogP contribution is -2.40. The van der Waals surface area contributed by atoms with Crippen LogP contribution in [0.3, 0.4) is 0 Å². The number of carbonyl (C=O) groups is 1. The Labute approximate surface area is 127 Å². The Morgan fingerprint density at radius 3 is 2.65 bits per heavy atom. The van der Waals surface area contributed by atoms with Crippen molar-refractivity contribution in [2.75, 3.05) is 19.0 Å². The van der Waals surface area contributed by atoms with Crippen molar-refractivity contribution in [1.82, 2.24) is 5.32 Å². The van der Waals surface area contributed by atoms with Gasteiger partial charge in [0, 0.05) is 18.3 Å². The van der Waals surface area contributed by atoms with Gasteiger partial charge in [0.05, 0.1) is 17.7 Å². The third-order valence-electron chi connectivity index (χ3n) is 2.86. The number of hydrogen-bond acceptors (Lipinski definition) is 3. The molecule has 0 spiro atoms. The second-order valence-electron chi connectivity index (χ2n) is 5.57. The lowest BCUT2D eigenvalue weighted by Gasteiger charge is -2.25. The fourth-order valence-corrected chi connectivity index (χ4v) is 1.82. The van der Waals surface area contributed by atoms with Gasteiger partial charge in [-0.25, -0.2) is 4.79 Å². The van der Waals surface area contributed by atoms with Crippen molar-refractivity contribution in [3.63, 3.8) is 0 Å². The Morgan fingerprint density at radius 2 is 2.10 bits per heavy atom. The Balaban J connectivity index is 2.55. The molecule has 1 aromatic carbocycles. The van der Waals surface area contributed by atoms with Crippen LogP contribution in [0.4, 0.5) is 10.5 Å². The van der Waals surface area contributed by atoms with E-state index < -0.39 is 6.10 Å². The molecule has 1 atom stereocenters. The molecular formula is C14H21BrN2O3. The molecular weight excluding hydrogens is 324 g/mol. The van der Waals surface area contributed by atoms with Crippen molar-refractivity contribution < 1.29 is 14.6 Å². The van der Waals surface area contributed by atoms with E-state index in [0.29, 0.717) is 11.4 Å². The van der Waals surface area contributed by atoms with Gasteiger partial charge < -0.3 is 20.5 Å². The van der Waals surface area contributed by atoms with Crippen molar-refractivity contribution in [2.24, 2.45) is 5.41 Å². The molecule has 1 rings (SSSR count). The number of urea groups is 1. The number of rotatable bonds is 4. The van der Waals surface area contributed by atoms with Crippen molar-refractivity contribution in [3.05, 3.63) is 22.7 Å². The molecule has 0 bridgehead atoms. The first-order valence-electron chi connectivity index (χ1n) is 6.30. The van der Waals surface area contributed by atoms with Gasteiger partial charge in [0.1, 0.15) is 5.75 Å². The van der Waals surface area contributed by atoms with Crippen LogP contribution in [0.2, 0.25) is 0 Å². The van der Waals surface area contributed by atoms with Gasteiger partial charge in [-0.2, -0.15) is 0 Å². The molecule has 6 heteroatoms.